The third-order valence-corrected chi connectivity index (χ3v) is 2.66. The SMILES string of the molecule is CCC(=O)C[n+]1ccc(-c2ccncc2)cc1. The van der Waals surface area contributed by atoms with Gasteiger partial charge in [0.05, 0.1) is 0 Å². The van der Waals surface area contributed by atoms with E-state index in [2.05, 4.69) is 4.98 Å². The van der Waals surface area contributed by atoms with E-state index in [4.69, 9.17) is 0 Å². The maximum Gasteiger partial charge on any atom is 0.206 e. The first-order valence-corrected chi connectivity index (χ1v) is 5.71. The molecule has 86 valence electrons. The fourth-order valence-corrected chi connectivity index (χ4v) is 1.61. The fraction of sp³-hybridized carbons (Fsp3) is 0.214. The van der Waals surface area contributed by atoms with E-state index in [1.807, 2.05) is 48.1 Å². The van der Waals surface area contributed by atoms with Crippen molar-refractivity contribution in [3.8, 4) is 11.1 Å². The second-order valence-corrected chi connectivity index (χ2v) is 3.89. The van der Waals surface area contributed by atoms with Crippen LogP contribution in [0.2, 0.25) is 0 Å². The van der Waals surface area contributed by atoms with Gasteiger partial charge in [0.25, 0.3) is 0 Å². The molecular weight excluding hydrogens is 212 g/mol. The normalized spacial score (nSPS) is 10.2. The van der Waals surface area contributed by atoms with E-state index in [0.717, 1.165) is 11.1 Å². The molecular formula is C14H15N2O+. The lowest BCUT2D eigenvalue weighted by Gasteiger charge is -1.99. The summed E-state index contributed by atoms with van der Waals surface area (Å²) in [7, 11) is 0. The Morgan fingerprint density at radius 1 is 1.12 bits per heavy atom. The van der Waals surface area contributed by atoms with Crippen molar-refractivity contribution in [1.29, 1.82) is 0 Å². The van der Waals surface area contributed by atoms with Crippen LogP contribution in [0.3, 0.4) is 0 Å². The number of hydrogen-bond donors (Lipinski definition) is 0. The molecule has 3 nitrogen and oxygen atoms in total. The Kier molecular flexibility index (Phi) is 3.60. The molecule has 0 aromatic carbocycles. The number of hydrogen-bond acceptors (Lipinski definition) is 2. The summed E-state index contributed by atoms with van der Waals surface area (Å²) in [5.74, 6) is 0.242. The third-order valence-electron chi connectivity index (χ3n) is 2.66. The van der Waals surface area contributed by atoms with Gasteiger partial charge in [-0.1, -0.05) is 6.92 Å². The summed E-state index contributed by atoms with van der Waals surface area (Å²) in [4.78, 5) is 15.3. The van der Waals surface area contributed by atoms with Crippen molar-refractivity contribution >= 4 is 5.78 Å². The zero-order chi connectivity index (χ0) is 12.1. The van der Waals surface area contributed by atoms with Gasteiger partial charge >= 0.3 is 0 Å². The predicted molar refractivity (Wildman–Crippen MR) is 65.2 cm³/mol. The first-order valence-electron chi connectivity index (χ1n) is 5.71. The monoisotopic (exact) mass is 227 g/mol. The molecule has 0 unspecified atom stereocenters. The highest BCUT2D eigenvalue weighted by atomic mass is 16.1. The maximum absolute atomic E-state index is 11.3. The van der Waals surface area contributed by atoms with Crippen LogP contribution in [0.25, 0.3) is 11.1 Å². The highest BCUT2D eigenvalue weighted by Gasteiger charge is 2.07. The van der Waals surface area contributed by atoms with E-state index >= 15 is 0 Å². The Balaban J connectivity index is 2.16. The van der Waals surface area contributed by atoms with Crippen molar-refractivity contribution in [1.82, 2.24) is 4.98 Å². The number of ketones is 1. The molecule has 2 heterocycles. The number of carbonyl (C=O) groups is 1. The van der Waals surface area contributed by atoms with E-state index in [0.29, 0.717) is 13.0 Å². The minimum Gasteiger partial charge on any atom is -0.293 e. The van der Waals surface area contributed by atoms with Gasteiger partial charge in [0, 0.05) is 30.9 Å². The summed E-state index contributed by atoms with van der Waals surface area (Å²) in [5.41, 5.74) is 2.27. The molecule has 2 rings (SSSR count). The topological polar surface area (TPSA) is 33.8 Å². The van der Waals surface area contributed by atoms with Crippen LogP contribution in [0.5, 0.6) is 0 Å². The quantitative estimate of drug-likeness (QED) is 0.749. The van der Waals surface area contributed by atoms with Crippen molar-refractivity contribution in [3.05, 3.63) is 49.1 Å². The van der Waals surface area contributed by atoms with E-state index in [1.165, 1.54) is 0 Å². The number of aromatic nitrogens is 2. The number of pyridine rings is 2. The average molecular weight is 227 g/mol. The molecule has 17 heavy (non-hydrogen) atoms. The zero-order valence-electron chi connectivity index (χ0n) is 9.84. The molecule has 0 N–H and O–H groups in total. The summed E-state index contributed by atoms with van der Waals surface area (Å²) in [5, 5.41) is 0. The lowest BCUT2D eigenvalue weighted by atomic mass is 10.1. The van der Waals surface area contributed by atoms with E-state index < -0.39 is 0 Å². The van der Waals surface area contributed by atoms with E-state index in [1.54, 1.807) is 12.4 Å². The van der Waals surface area contributed by atoms with Crippen LogP contribution in [0.1, 0.15) is 13.3 Å². The molecule has 0 aliphatic carbocycles. The average Bonchev–Trinajstić information content (AvgIpc) is 2.40. The number of nitrogens with zero attached hydrogens (tertiary/aromatic N) is 2. The molecule has 0 atom stereocenters. The van der Waals surface area contributed by atoms with Crippen LogP contribution in [0, 0.1) is 0 Å². The van der Waals surface area contributed by atoms with Gasteiger partial charge in [-0.25, -0.2) is 0 Å². The van der Waals surface area contributed by atoms with Gasteiger partial charge in [0.2, 0.25) is 6.54 Å². The molecule has 0 saturated carbocycles. The lowest BCUT2D eigenvalue weighted by Crippen LogP contribution is -2.36. The zero-order valence-corrected chi connectivity index (χ0v) is 9.84. The first kappa shape index (κ1) is 11.5. The molecule has 0 amide bonds. The Hall–Kier alpha value is -2.03. The van der Waals surface area contributed by atoms with Crippen molar-refractivity contribution < 1.29 is 9.36 Å². The molecule has 0 spiro atoms. The van der Waals surface area contributed by atoms with E-state index in [-0.39, 0.29) is 5.78 Å². The molecule has 0 aliphatic heterocycles. The maximum atomic E-state index is 11.3. The van der Waals surface area contributed by atoms with Gasteiger partial charge in [-0.3, -0.25) is 9.78 Å². The number of rotatable bonds is 4. The Labute approximate surface area is 101 Å². The minimum absolute atomic E-state index is 0.242. The van der Waals surface area contributed by atoms with Gasteiger partial charge in [-0.15, -0.1) is 0 Å². The summed E-state index contributed by atoms with van der Waals surface area (Å²) in [6.45, 7) is 2.33. The van der Waals surface area contributed by atoms with Crippen molar-refractivity contribution in [2.75, 3.05) is 0 Å². The molecule has 3 heteroatoms. The summed E-state index contributed by atoms with van der Waals surface area (Å²) in [6, 6.07) is 7.96. The molecule has 2 aromatic rings. The molecule has 0 fully saturated rings. The molecule has 0 bridgehead atoms. The van der Waals surface area contributed by atoms with Gasteiger partial charge in [0.1, 0.15) is 0 Å². The molecule has 0 aliphatic rings. The van der Waals surface area contributed by atoms with Gasteiger partial charge in [-0.2, -0.15) is 4.57 Å². The number of carbonyl (C=O) groups excluding carboxylic acids is 1. The summed E-state index contributed by atoms with van der Waals surface area (Å²) < 4.78 is 1.90. The predicted octanol–water partition coefficient (Wildman–Crippen LogP) is 2.02. The van der Waals surface area contributed by atoms with Gasteiger partial charge < -0.3 is 0 Å². The molecule has 0 saturated heterocycles. The van der Waals surface area contributed by atoms with Crippen LogP contribution in [0.15, 0.2) is 49.1 Å². The van der Waals surface area contributed by atoms with Crippen LogP contribution in [0.4, 0.5) is 0 Å². The largest absolute Gasteiger partial charge is 0.293 e. The lowest BCUT2D eigenvalue weighted by molar-refractivity contribution is -0.684. The highest BCUT2D eigenvalue weighted by molar-refractivity contribution is 5.76. The van der Waals surface area contributed by atoms with Gasteiger partial charge in [-0.05, 0) is 23.3 Å². The minimum atomic E-state index is 0.242. The van der Waals surface area contributed by atoms with Crippen molar-refractivity contribution in [3.63, 3.8) is 0 Å². The third kappa shape index (κ3) is 2.97. The molecule has 0 radical (unpaired) electrons. The smallest absolute Gasteiger partial charge is 0.206 e. The highest BCUT2D eigenvalue weighted by Crippen LogP contribution is 2.15. The Morgan fingerprint density at radius 2 is 1.71 bits per heavy atom. The first-order chi connectivity index (χ1) is 8.29. The second kappa shape index (κ2) is 5.34. The van der Waals surface area contributed by atoms with Crippen molar-refractivity contribution in [2.24, 2.45) is 0 Å². The second-order valence-electron chi connectivity index (χ2n) is 3.89. The Morgan fingerprint density at radius 3 is 2.29 bits per heavy atom. The summed E-state index contributed by atoms with van der Waals surface area (Å²) in [6.07, 6.45) is 8.00. The fourth-order valence-electron chi connectivity index (χ4n) is 1.61. The van der Waals surface area contributed by atoms with Crippen LogP contribution < -0.4 is 4.57 Å². The number of Topliss-reactive ketones (excluding diaryl/α,β-unsaturated/α-hetero) is 1. The van der Waals surface area contributed by atoms with Gasteiger partial charge in [0.15, 0.2) is 18.2 Å². The summed E-state index contributed by atoms with van der Waals surface area (Å²) >= 11 is 0. The van der Waals surface area contributed by atoms with Crippen molar-refractivity contribution in [2.45, 2.75) is 19.9 Å². The Bertz CT molecular complexity index is 491. The standard InChI is InChI=1S/C14H15N2O/c1-2-14(17)11-16-9-5-13(6-10-16)12-3-7-15-8-4-12/h3-10H,2,11H2,1H3/q+1. The van der Waals surface area contributed by atoms with E-state index in [9.17, 15) is 4.79 Å². The van der Waals surface area contributed by atoms with Crippen LogP contribution in [-0.2, 0) is 11.3 Å². The van der Waals surface area contributed by atoms with Crippen LogP contribution in [-0.4, -0.2) is 10.8 Å². The van der Waals surface area contributed by atoms with Crippen LogP contribution >= 0.6 is 0 Å². The molecule has 2 aromatic heterocycles.